The third-order valence-electron chi connectivity index (χ3n) is 3.09. The predicted octanol–water partition coefficient (Wildman–Crippen LogP) is 3.15. The first kappa shape index (κ1) is 18.2. The number of nitrogens with zero attached hydrogens (tertiary/aromatic N) is 1. The van der Waals surface area contributed by atoms with E-state index in [0.29, 0.717) is 23.4 Å². The highest BCUT2D eigenvalue weighted by Crippen LogP contribution is 2.17. The van der Waals surface area contributed by atoms with Crippen molar-refractivity contribution < 1.29 is 14.3 Å². The molecule has 1 atom stereocenters. The fourth-order valence-electron chi connectivity index (χ4n) is 2.24. The minimum atomic E-state index is -0.621. The largest absolute Gasteiger partial charge is 0.444 e. The van der Waals surface area contributed by atoms with Crippen LogP contribution in [0.1, 0.15) is 62.8 Å². The van der Waals surface area contributed by atoms with Gasteiger partial charge in [-0.1, -0.05) is 13.8 Å². The third kappa shape index (κ3) is 5.16. The molecule has 1 aromatic rings. The molecule has 0 unspecified atom stereocenters. The number of hydrogen-bond acceptors (Lipinski definition) is 4. The van der Waals surface area contributed by atoms with Gasteiger partial charge in [0.25, 0.3) is 0 Å². The van der Waals surface area contributed by atoms with E-state index in [4.69, 9.17) is 4.74 Å². The molecule has 1 aromatic heterocycles. The van der Waals surface area contributed by atoms with E-state index in [-0.39, 0.29) is 11.7 Å². The summed E-state index contributed by atoms with van der Waals surface area (Å²) >= 11 is 0. The molecule has 0 saturated carbocycles. The first-order chi connectivity index (χ1) is 10.0. The van der Waals surface area contributed by atoms with E-state index in [2.05, 4.69) is 15.5 Å². The lowest BCUT2D eigenvalue weighted by atomic mass is 9.95. The molecule has 6 nitrogen and oxygen atoms in total. The van der Waals surface area contributed by atoms with Crippen LogP contribution in [0.3, 0.4) is 0 Å². The lowest BCUT2D eigenvalue weighted by Gasteiger charge is -2.24. The second-order valence-electron chi connectivity index (χ2n) is 7.00. The molecule has 0 radical (unpaired) electrons. The van der Waals surface area contributed by atoms with Crippen molar-refractivity contribution >= 4 is 11.9 Å². The normalized spacial score (nSPS) is 13.1. The summed E-state index contributed by atoms with van der Waals surface area (Å²) in [6.45, 7) is 12.9. The number of hydrogen-bond donors (Lipinski definition) is 2. The second-order valence-corrected chi connectivity index (χ2v) is 7.00. The molecular formula is C16H27N3O3. The SMILES string of the molecule is Cc1n[nH]c(C)c1C(=O)[C@H](CC(C)C)NC(=O)OC(C)(C)C. The van der Waals surface area contributed by atoms with Crippen molar-refractivity contribution in [2.24, 2.45) is 5.92 Å². The lowest BCUT2D eigenvalue weighted by molar-refractivity contribution is 0.0485. The molecule has 1 rings (SSSR count). The van der Waals surface area contributed by atoms with Crippen LogP contribution in [-0.2, 0) is 4.74 Å². The molecule has 6 heteroatoms. The quantitative estimate of drug-likeness (QED) is 0.818. The number of aromatic nitrogens is 2. The molecule has 0 fully saturated rings. The van der Waals surface area contributed by atoms with Gasteiger partial charge in [-0.2, -0.15) is 5.10 Å². The Morgan fingerprint density at radius 1 is 1.27 bits per heavy atom. The molecule has 1 amide bonds. The molecule has 22 heavy (non-hydrogen) atoms. The van der Waals surface area contributed by atoms with Crippen molar-refractivity contribution in [3.05, 3.63) is 17.0 Å². The number of aryl methyl sites for hydroxylation is 2. The summed E-state index contributed by atoms with van der Waals surface area (Å²) in [7, 11) is 0. The van der Waals surface area contributed by atoms with Crippen molar-refractivity contribution in [2.75, 3.05) is 0 Å². The molecule has 0 aromatic carbocycles. The second kappa shape index (κ2) is 6.94. The van der Waals surface area contributed by atoms with Gasteiger partial charge in [0, 0.05) is 5.69 Å². The highest BCUT2D eigenvalue weighted by molar-refractivity contribution is 6.03. The topological polar surface area (TPSA) is 84.1 Å². The number of carbonyl (C=O) groups is 2. The molecule has 0 aliphatic rings. The van der Waals surface area contributed by atoms with Gasteiger partial charge in [-0.25, -0.2) is 4.79 Å². The zero-order valence-corrected chi connectivity index (χ0v) is 14.5. The highest BCUT2D eigenvalue weighted by Gasteiger charge is 2.28. The number of ether oxygens (including phenoxy) is 1. The number of Topliss-reactive ketones (excluding diaryl/α,β-unsaturated/α-hetero) is 1. The smallest absolute Gasteiger partial charge is 0.408 e. The maximum Gasteiger partial charge on any atom is 0.408 e. The Balaban J connectivity index is 2.94. The van der Waals surface area contributed by atoms with Crippen LogP contribution in [0.25, 0.3) is 0 Å². The van der Waals surface area contributed by atoms with Crippen LogP contribution in [0.15, 0.2) is 0 Å². The minimum absolute atomic E-state index is 0.136. The number of carbonyl (C=O) groups excluding carboxylic acids is 2. The maximum atomic E-state index is 12.8. The fourth-order valence-corrected chi connectivity index (χ4v) is 2.24. The van der Waals surface area contributed by atoms with E-state index in [1.807, 2.05) is 13.8 Å². The zero-order chi connectivity index (χ0) is 17.1. The zero-order valence-electron chi connectivity index (χ0n) is 14.5. The molecular weight excluding hydrogens is 282 g/mol. The summed E-state index contributed by atoms with van der Waals surface area (Å²) in [4.78, 5) is 24.7. The molecule has 1 heterocycles. The molecule has 0 bridgehead atoms. The van der Waals surface area contributed by atoms with Crippen molar-refractivity contribution in [1.29, 1.82) is 0 Å². The molecule has 0 aliphatic carbocycles. The maximum absolute atomic E-state index is 12.8. The van der Waals surface area contributed by atoms with Gasteiger partial charge in [-0.05, 0) is 47.0 Å². The average molecular weight is 309 g/mol. The molecule has 2 N–H and O–H groups in total. The summed E-state index contributed by atoms with van der Waals surface area (Å²) in [6.07, 6.45) is -0.0346. The van der Waals surface area contributed by atoms with Gasteiger partial charge in [-0.3, -0.25) is 9.89 Å². The van der Waals surface area contributed by atoms with Gasteiger partial charge in [0.2, 0.25) is 0 Å². The van der Waals surface area contributed by atoms with Gasteiger partial charge in [-0.15, -0.1) is 0 Å². The monoisotopic (exact) mass is 309 g/mol. The number of aromatic amines is 1. The van der Waals surface area contributed by atoms with Crippen molar-refractivity contribution in [2.45, 2.75) is 66.5 Å². The minimum Gasteiger partial charge on any atom is -0.444 e. The van der Waals surface area contributed by atoms with Crippen LogP contribution in [0.4, 0.5) is 4.79 Å². The van der Waals surface area contributed by atoms with Crippen molar-refractivity contribution in [3.8, 4) is 0 Å². The summed E-state index contributed by atoms with van der Waals surface area (Å²) in [6, 6.07) is -0.621. The Bertz CT molecular complexity index is 522. The van der Waals surface area contributed by atoms with E-state index < -0.39 is 17.7 Å². The fraction of sp³-hybridized carbons (Fsp3) is 0.688. The number of H-pyrrole nitrogens is 1. The van der Waals surface area contributed by atoms with E-state index in [0.717, 1.165) is 0 Å². The first-order valence-electron chi connectivity index (χ1n) is 7.56. The van der Waals surface area contributed by atoms with Gasteiger partial charge >= 0.3 is 6.09 Å². The number of rotatable bonds is 5. The van der Waals surface area contributed by atoms with Crippen LogP contribution < -0.4 is 5.32 Å². The Labute approximate surface area is 132 Å². The summed E-state index contributed by atoms with van der Waals surface area (Å²) in [5.74, 6) is 0.125. The number of ketones is 1. The van der Waals surface area contributed by atoms with E-state index in [9.17, 15) is 9.59 Å². The summed E-state index contributed by atoms with van der Waals surface area (Å²) < 4.78 is 5.25. The van der Waals surface area contributed by atoms with Crippen LogP contribution in [0, 0.1) is 19.8 Å². The summed E-state index contributed by atoms with van der Waals surface area (Å²) in [5, 5.41) is 9.55. The van der Waals surface area contributed by atoms with Crippen LogP contribution in [0.2, 0.25) is 0 Å². The van der Waals surface area contributed by atoms with Crippen LogP contribution in [-0.4, -0.2) is 33.7 Å². The Kier molecular flexibility index (Phi) is 5.74. The summed E-state index contributed by atoms with van der Waals surface area (Å²) in [5.41, 5.74) is 1.29. The van der Waals surface area contributed by atoms with E-state index in [1.54, 1.807) is 34.6 Å². The Morgan fingerprint density at radius 3 is 2.27 bits per heavy atom. The van der Waals surface area contributed by atoms with Crippen molar-refractivity contribution in [1.82, 2.24) is 15.5 Å². The number of nitrogens with one attached hydrogen (secondary N) is 2. The Hall–Kier alpha value is -1.85. The Morgan fingerprint density at radius 2 is 1.86 bits per heavy atom. The van der Waals surface area contributed by atoms with Gasteiger partial charge in [0.05, 0.1) is 17.3 Å². The first-order valence-corrected chi connectivity index (χ1v) is 7.56. The highest BCUT2D eigenvalue weighted by atomic mass is 16.6. The van der Waals surface area contributed by atoms with Crippen LogP contribution in [0.5, 0.6) is 0 Å². The molecule has 0 saturated heterocycles. The molecule has 0 spiro atoms. The third-order valence-corrected chi connectivity index (χ3v) is 3.09. The predicted molar refractivity (Wildman–Crippen MR) is 85.0 cm³/mol. The average Bonchev–Trinajstić information content (AvgIpc) is 2.64. The lowest BCUT2D eigenvalue weighted by Crippen LogP contribution is -2.44. The van der Waals surface area contributed by atoms with Crippen LogP contribution >= 0.6 is 0 Å². The molecule has 124 valence electrons. The van der Waals surface area contributed by atoms with E-state index in [1.165, 1.54) is 0 Å². The molecule has 0 aliphatic heterocycles. The number of amides is 1. The van der Waals surface area contributed by atoms with Crippen molar-refractivity contribution in [3.63, 3.8) is 0 Å². The number of alkyl carbamates (subject to hydrolysis) is 1. The van der Waals surface area contributed by atoms with Gasteiger partial charge in [0.1, 0.15) is 5.60 Å². The van der Waals surface area contributed by atoms with Gasteiger partial charge in [0.15, 0.2) is 5.78 Å². The standard InChI is InChI=1S/C16H27N3O3/c1-9(2)8-12(17-15(21)22-16(5,6)7)14(20)13-10(3)18-19-11(13)4/h9,12H,8H2,1-7H3,(H,17,21)(H,18,19)/t12-/m0/s1. The van der Waals surface area contributed by atoms with E-state index >= 15 is 0 Å². The van der Waals surface area contributed by atoms with Gasteiger partial charge < -0.3 is 10.1 Å².